The van der Waals surface area contributed by atoms with Gasteiger partial charge in [0.2, 0.25) is 0 Å². The molecule has 0 spiro atoms. The number of aliphatic carboxylic acids is 1. The Labute approximate surface area is 165 Å². The first kappa shape index (κ1) is 19.7. The van der Waals surface area contributed by atoms with Gasteiger partial charge >= 0.3 is 5.97 Å². The number of anilines is 1. The van der Waals surface area contributed by atoms with E-state index in [-0.39, 0.29) is 11.8 Å². The molecule has 1 N–H and O–H groups in total. The highest BCUT2D eigenvalue weighted by Gasteiger charge is 2.24. The number of ether oxygens (including phenoxy) is 1. The Morgan fingerprint density at radius 2 is 1.86 bits per heavy atom. The number of piperidine rings is 1. The summed E-state index contributed by atoms with van der Waals surface area (Å²) in [6, 6.07) is 15.2. The lowest BCUT2D eigenvalue weighted by Gasteiger charge is -2.32. The Kier molecular flexibility index (Phi) is 6.19. The average Bonchev–Trinajstić information content (AvgIpc) is 2.73. The van der Waals surface area contributed by atoms with Gasteiger partial charge < -0.3 is 19.6 Å². The van der Waals surface area contributed by atoms with Gasteiger partial charge in [-0.2, -0.15) is 0 Å². The molecule has 2 aromatic carbocycles. The number of methoxy groups -OCH3 is 1. The van der Waals surface area contributed by atoms with Crippen LogP contribution in [0.4, 0.5) is 5.69 Å². The SMILES string of the molecule is COc1cccc(C(=O)N(C)Cc2cccc(N3CCC(C(=O)O)CC3)c2)c1. The number of carbonyl (C=O) groups excluding carboxylic acids is 1. The largest absolute Gasteiger partial charge is 0.497 e. The molecule has 1 saturated heterocycles. The van der Waals surface area contributed by atoms with E-state index >= 15 is 0 Å². The van der Waals surface area contributed by atoms with E-state index in [2.05, 4.69) is 11.0 Å². The molecule has 28 heavy (non-hydrogen) atoms. The fraction of sp³-hybridized carbons (Fsp3) is 0.364. The number of hydrogen-bond donors (Lipinski definition) is 1. The van der Waals surface area contributed by atoms with E-state index in [1.807, 2.05) is 24.3 Å². The van der Waals surface area contributed by atoms with Crippen molar-refractivity contribution < 1.29 is 19.4 Å². The van der Waals surface area contributed by atoms with Crippen molar-refractivity contribution in [1.29, 1.82) is 0 Å². The van der Waals surface area contributed by atoms with Crippen LogP contribution in [0, 0.1) is 5.92 Å². The molecule has 6 heteroatoms. The van der Waals surface area contributed by atoms with Crippen LogP contribution in [0.1, 0.15) is 28.8 Å². The summed E-state index contributed by atoms with van der Waals surface area (Å²) in [6.07, 6.45) is 1.32. The van der Waals surface area contributed by atoms with Crippen molar-refractivity contribution in [2.45, 2.75) is 19.4 Å². The van der Waals surface area contributed by atoms with E-state index in [1.54, 1.807) is 37.3 Å². The molecule has 1 heterocycles. The Morgan fingerprint density at radius 3 is 2.54 bits per heavy atom. The average molecular weight is 382 g/mol. The number of benzene rings is 2. The highest BCUT2D eigenvalue weighted by atomic mass is 16.5. The zero-order valence-corrected chi connectivity index (χ0v) is 16.3. The predicted octanol–water partition coefficient (Wildman–Crippen LogP) is 3.27. The van der Waals surface area contributed by atoms with Gasteiger partial charge in [0.1, 0.15) is 5.75 Å². The van der Waals surface area contributed by atoms with Gasteiger partial charge in [-0.1, -0.05) is 18.2 Å². The van der Waals surface area contributed by atoms with Crippen LogP contribution in [0.25, 0.3) is 0 Å². The first-order chi connectivity index (χ1) is 13.5. The molecule has 1 amide bonds. The maximum absolute atomic E-state index is 12.7. The van der Waals surface area contributed by atoms with E-state index in [1.165, 1.54) is 0 Å². The topological polar surface area (TPSA) is 70.1 Å². The molecular formula is C22H26N2O4. The highest BCUT2D eigenvalue weighted by molar-refractivity contribution is 5.94. The maximum Gasteiger partial charge on any atom is 0.306 e. The number of nitrogens with zero attached hydrogens (tertiary/aromatic N) is 2. The van der Waals surface area contributed by atoms with E-state index < -0.39 is 5.97 Å². The van der Waals surface area contributed by atoms with Crippen molar-refractivity contribution in [3.8, 4) is 5.75 Å². The van der Waals surface area contributed by atoms with Crippen LogP contribution in [0.5, 0.6) is 5.75 Å². The van der Waals surface area contributed by atoms with Crippen LogP contribution in [0.3, 0.4) is 0 Å². The lowest BCUT2D eigenvalue weighted by Crippen LogP contribution is -2.36. The summed E-state index contributed by atoms with van der Waals surface area (Å²) < 4.78 is 5.20. The molecule has 148 valence electrons. The molecule has 1 aliphatic heterocycles. The monoisotopic (exact) mass is 382 g/mol. The fourth-order valence-corrected chi connectivity index (χ4v) is 3.56. The third kappa shape index (κ3) is 4.63. The molecule has 0 radical (unpaired) electrons. The molecule has 0 atom stereocenters. The Bertz CT molecular complexity index is 844. The van der Waals surface area contributed by atoms with Crippen LogP contribution in [0.2, 0.25) is 0 Å². The summed E-state index contributed by atoms with van der Waals surface area (Å²) in [5, 5.41) is 9.15. The second kappa shape index (κ2) is 8.78. The smallest absolute Gasteiger partial charge is 0.306 e. The van der Waals surface area contributed by atoms with Crippen molar-refractivity contribution in [1.82, 2.24) is 4.90 Å². The molecule has 3 rings (SSSR count). The molecule has 6 nitrogen and oxygen atoms in total. The molecular weight excluding hydrogens is 356 g/mol. The Balaban J connectivity index is 1.65. The van der Waals surface area contributed by atoms with Gasteiger partial charge in [-0.3, -0.25) is 9.59 Å². The van der Waals surface area contributed by atoms with Crippen LogP contribution in [-0.2, 0) is 11.3 Å². The fourth-order valence-electron chi connectivity index (χ4n) is 3.56. The van der Waals surface area contributed by atoms with Crippen molar-refractivity contribution in [2.24, 2.45) is 5.92 Å². The van der Waals surface area contributed by atoms with Gasteiger partial charge in [-0.25, -0.2) is 0 Å². The summed E-state index contributed by atoms with van der Waals surface area (Å²) in [5.41, 5.74) is 2.70. The molecule has 0 saturated carbocycles. The molecule has 1 aliphatic rings. The standard InChI is InChI=1S/C22H26N2O4/c1-23(21(25)18-6-4-8-20(14-18)28-2)15-16-5-3-7-19(13-16)24-11-9-17(10-12-24)22(26)27/h3-8,13-14,17H,9-12,15H2,1-2H3,(H,26,27). The van der Waals surface area contributed by atoms with Crippen LogP contribution in [0.15, 0.2) is 48.5 Å². The predicted molar refractivity (Wildman–Crippen MR) is 108 cm³/mol. The number of carboxylic acid groups (broad SMARTS) is 1. The third-order valence-electron chi connectivity index (χ3n) is 5.20. The minimum atomic E-state index is -0.703. The first-order valence-electron chi connectivity index (χ1n) is 9.44. The molecule has 2 aromatic rings. The number of carboxylic acids is 1. The van der Waals surface area contributed by atoms with Gasteiger partial charge in [-0.15, -0.1) is 0 Å². The van der Waals surface area contributed by atoms with Gasteiger partial charge in [0.15, 0.2) is 0 Å². The van der Waals surface area contributed by atoms with E-state index in [0.29, 0.717) is 30.7 Å². The van der Waals surface area contributed by atoms with Crippen LogP contribution < -0.4 is 9.64 Å². The normalized spacial score (nSPS) is 14.6. The number of amides is 1. The quantitative estimate of drug-likeness (QED) is 0.830. The molecule has 0 aromatic heterocycles. The number of rotatable bonds is 6. The summed E-state index contributed by atoms with van der Waals surface area (Å²) in [6.45, 7) is 1.97. The minimum Gasteiger partial charge on any atom is -0.497 e. The van der Waals surface area contributed by atoms with Crippen molar-refractivity contribution >= 4 is 17.6 Å². The van der Waals surface area contributed by atoms with Gasteiger partial charge in [0, 0.05) is 37.9 Å². The summed E-state index contributed by atoms with van der Waals surface area (Å²) in [7, 11) is 3.37. The lowest BCUT2D eigenvalue weighted by molar-refractivity contribution is -0.142. The van der Waals surface area contributed by atoms with Gasteiger partial charge in [-0.05, 0) is 48.7 Å². The first-order valence-corrected chi connectivity index (χ1v) is 9.44. The Morgan fingerprint density at radius 1 is 1.14 bits per heavy atom. The zero-order chi connectivity index (χ0) is 20.1. The minimum absolute atomic E-state index is 0.0634. The van der Waals surface area contributed by atoms with E-state index in [9.17, 15) is 9.59 Å². The zero-order valence-electron chi connectivity index (χ0n) is 16.3. The second-order valence-electron chi connectivity index (χ2n) is 7.16. The number of hydrogen-bond acceptors (Lipinski definition) is 4. The van der Waals surface area contributed by atoms with Crippen LogP contribution in [-0.4, -0.2) is 49.1 Å². The summed E-state index contributed by atoms with van der Waals surface area (Å²) >= 11 is 0. The van der Waals surface area contributed by atoms with Crippen molar-refractivity contribution in [2.75, 3.05) is 32.1 Å². The molecule has 0 aliphatic carbocycles. The van der Waals surface area contributed by atoms with E-state index in [0.717, 1.165) is 24.3 Å². The summed E-state index contributed by atoms with van der Waals surface area (Å²) in [4.78, 5) is 27.7. The maximum atomic E-state index is 12.7. The third-order valence-corrected chi connectivity index (χ3v) is 5.20. The molecule has 0 bridgehead atoms. The van der Waals surface area contributed by atoms with Crippen molar-refractivity contribution in [3.63, 3.8) is 0 Å². The number of carbonyl (C=O) groups is 2. The second-order valence-corrected chi connectivity index (χ2v) is 7.16. The molecule has 0 unspecified atom stereocenters. The Hall–Kier alpha value is -3.02. The van der Waals surface area contributed by atoms with Gasteiger partial charge in [0.25, 0.3) is 5.91 Å². The van der Waals surface area contributed by atoms with Gasteiger partial charge in [0.05, 0.1) is 13.0 Å². The summed E-state index contributed by atoms with van der Waals surface area (Å²) in [5.74, 6) is -0.352. The van der Waals surface area contributed by atoms with E-state index in [4.69, 9.17) is 9.84 Å². The van der Waals surface area contributed by atoms with Crippen LogP contribution >= 0.6 is 0 Å². The van der Waals surface area contributed by atoms with Crippen molar-refractivity contribution in [3.05, 3.63) is 59.7 Å². The highest BCUT2D eigenvalue weighted by Crippen LogP contribution is 2.25. The molecule has 1 fully saturated rings. The lowest BCUT2D eigenvalue weighted by atomic mass is 9.96.